The second kappa shape index (κ2) is 59.2. The molecule has 0 heterocycles. The molecule has 2 unspecified atom stereocenters. The van der Waals surface area contributed by atoms with E-state index in [0.29, 0.717) is 19.4 Å². The first-order chi connectivity index (χ1) is 34.0. The summed E-state index contributed by atoms with van der Waals surface area (Å²) in [5.74, 6) is -0.0481. The van der Waals surface area contributed by atoms with Crippen LogP contribution in [0.5, 0.6) is 0 Å². The van der Waals surface area contributed by atoms with E-state index < -0.39 is 12.1 Å². The van der Waals surface area contributed by atoms with E-state index in [2.05, 4.69) is 19.2 Å². The molecule has 0 fully saturated rings. The van der Waals surface area contributed by atoms with Gasteiger partial charge in [-0.05, 0) is 32.1 Å². The van der Waals surface area contributed by atoms with Crippen LogP contribution in [0.2, 0.25) is 0 Å². The summed E-state index contributed by atoms with van der Waals surface area (Å²) in [6, 6.07) is -0.625. The van der Waals surface area contributed by atoms with Crippen molar-refractivity contribution in [1.29, 1.82) is 0 Å². The molecule has 0 aromatic carbocycles. The van der Waals surface area contributed by atoms with E-state index in [1.807, 2.05) is 6.08 Å². The van der Waals surface area contributed by atoms with E-state index in [-0.39, 0.29) is 18.5 Å². The summed E-state index contributed by atoms with van der Waals surface area (Å²) in [6.45, 7) is 4.92. The van der Waals surface area contributed by atoms with Crippen molar-refractivity contribution in [2.45, 2.75) is 366 Å². The van der Waals surface area contributed by atoms with Crippen molar-refractivity contribution in [3.8, 4) is 0 Å². The fourth-order valence-electron chi connectivity index (χ4n) is 9.99. The second-order valence-electron chi connectivity index (χ2n) is 21.8. The fraction of sp³-hybridized carbons (Fsp3) is 0.937. The third kappa shape index (κ3) is 55.8. The quantitative estimate of drug-likeness (QED) is 0.0321. The summed E-state index contributed by atoms with van der Waals surface area (Å²) in [4.78, 5) is 24.5. The molecule has 0 aliphatic heterocycles. The SMILES string of the molecule is CCCCCCCCCCCC/C=C/C(O)C(CO)NC(=O)CCCCCCCCCCCCCCCCCCCCCCCCCOC(=O)CCCCCCCCCCCCCCCCCCC. The standard InChI is InChI=1S/C63H123NO5/c1-3-5-7-9-11-13-15-17-18-26-30-33-37-41-45-49-53-57-63(68)69-58-54-50-46-42-38-34-31-28-25-23-21-19-20-22-24-27-29-32-36-40-44-48-52-56-62(67)64-60(59-65)61(66)55-51-47-43-39-35-16-14-12-10-8-6-4-2/h51,55,60-61,65-66H,3-50,52-54,56-59H2,1-2H3,(H,64,67)/b55-51+. The lowest BCUT2D eigenvalue weighted by molar-refractivity contribution is -0.143. The average Bonchev–Trinajstić information content (AvgIpc) is 3.35. The Morgan fingerprint density at radius 1 is 0.391 bits per heavy atom. The molecule has 0 spiro atoms. The highest BCUT2D eigenvalue weighted by Crippen LogP contribution is 2.18. The monoisotopic (exact) mass is 974 g/mol. The van der Waals surface area contributed by atoms with Crippen molar-refractivity contribution in [2.24, 2.45) is 0 Å². The first-order valence-electron chi connectivity index (χ1n) is 31.5. The molecule has 1 amide bonds. The van der Waals surface area contributed by atoms with Crippen molar-refractivity contribution in [1.82, 2.24) is 5.32 Å². The number of allylic oxidation sites excluding steroid dienone is 1. The second-order valence-corrected chi connectivity index (χ2v) is 21.8. The van der Waals surface area contributed by atoms with Crippen molar-refractivity contribution in [3.05, 3.63) is 12.2 Å². The molecule has 0 aliphatic carbocycles. The van der Waals surface area contributed by atoms with Gasteiger partial charge in [0, 0.05) is 12.8 Å². The number of amides is 1. The third-order valence-electron chi connectivity index (χ3n) is 14.8. The maximum absolute atomic E-state index is 12.4. The molecule has 3 N–H and O–H groups in total. The number of rotatable bonds is 59. The van der Waals surface area contributed by atoms with Crippen molar-refractivity contribution in [2.75, 3.05) is 13.2 Å². The van der Waals surface area contributed by atoms with Crippen LogP contribution in [0.25, 0.3) is 0 Å². The summed E-state index contributed by atoms with van der Waals surface area (Å²) in [6.07, 6.45) is 71.2. The molecule has 0 saturated heterocycles. The third-order valence-corrected chi connectivity index (χ3v) is 14.8. The number of aliphatic hydroxyl groups is 2. The zero-order chi connectivity index (χ0) is 50.0. The molecule has 0 saturated carbocycles. The number of esters is 1. The normalized spacial score (nSPS) is 12.6. The van der Waals surface area contributed by atoms with E-state index in [9.17, 15) is 19.8 Å². The Morgan fingerprint density at radius 3 is 0.986 bits per heavy atom. The van der Waals surface area contributed by atoms with Crippen molar-refractivity contribution < 1.29 is 24.5 Å². The Morgan fingerprint density at radius 2 is 0.667 bits per heavy atom. The van der Waals surface area contributed by atoms with Crippen LogP contribution in [0.15, 0.2) is 12.2 Å². The van der Waals surface area contributed by atoms with Crippen molar-refractivity contribution in [3.63, 3.8) is 0 Å². The maximum Gasteiger partial charge on any atom is 0.305 e. The first-order valence-corrected chi connectivity index (χ1v) is 31.5. The number of hydrogen-bond acceptors (Lipinski definition) is 5. The van der Waals surface area contributed by atoms with Crippen molar-refractivity contribution >= 4 is 11.9 Å². The largest absolute Gasteiger partial charge is 0.466 e. The van der Waals surface area contributed by atoms with Gasteiger partial charge >= 0.3 is 5.97 Å². The van der Waals surface area contributed by atoms with Crippen LogP contribution in [0, 0.1) is 0 Å². The number of ether oxygens (including phenoxy) is 1. The van der Waals surface area contributed by atoms with Gasteiger partial charge in [-0.25, -0.2) is 0 Å². The fourth-order valence-corrected chi connectivity index (χ4v) is 9.99. The van der Waals surface area contributed by atoms with E-state index in [1.54, 1.807) is 6.08 Å². The summed E-state index contributed by atoms with van der Waals surface area (Å²) in [5, 5.41) is 23.1. The molecule has 6 nitrogen and oxygen atoms in total. The van der Waals surface area contributed by atoms with Crippen LogP contribution < -0.4 is 5.32 Å². The molecule has 410 valence electrons. The Bertz CT molecular complexity index is 1030. The number of nitrogens with one attached hydrogen (secondary N) is 1. The van der Waals surface area contributed by atoms with E-state index >= 15 is 0 Å². The molecule has 0 aromatic rings. The summed E-state index contributed by atoms with van der Waals surface area (Å²) < 4.78 is 5.50. The van der Waals surface area contributed by atoms with E-state index in [1.165, 1.54) is 289 Å². The number of carbonyl (C=O) groups excluding carboxylic acids is 2. The Hall–Kier alpha value is -1.40. The highest BCUT2D eigenvalue weighted by Gasteiger charge is 2.18. The van der Waals surface area contributed by atoms with Gasteiger partial charge in [-0.3, -0.25) is 9.59 Å². The lowest BCUT2D eigenvalue weighted by Crippen LogP contribution is -2.45. The maximum atomic E-state index is 12.4. The van der Waals surface area contributed by atoms with Gasteiger partial charge in [0.2, 0.25) is 5.91 Å². The highest BCUT2D eigenvalue weighted by molar-refractivity contribution is 5.76. The minimum atomic E-state index is -0.842. The van der Waals surface area contributed by atoms with Gasteiger partial charge in [-0.1, -0.05) is 321 Å². The van der Waals surface area contributed by atoms with Gasteiger partial charge in [0.1, 0.15) is 0 Å². The van der Waals surface area contributed by atoms with Crippen LogP contribution in [0.1, 0.15) is 354 Å². The molecular weight excluding hydrogens is 851 g/mol. The summed E-state index contributed by atoms with van der Waals surface area (Å²) in [7, 11) is 0. The smallest absolute Gasteiger partial charge is 0.305 e. The van der Waals surface area contributed by atoms with Gasteiger partial charge < -0.3 is 20.3 Å². The molecule has 6 heteroatoms. The molecule has 2 atom stereocenters. The Labute approximate surface area is 431 Å². The zero-order valence-corrected chi connectivity index (χ0v) is 46.8. The van der Waals surface area contributed by atoms with Crippen LogP contribution in [0.3, 0.4) is 0 Å². The summed E-state index contributed by atoms with van der Waals surface area (Å²) in [5.41, 5.74) is 0. The number of hydrogen-bond donors (Lipinski definition) is 3. The minimum absolute atomic E-state index is 0.0184. The highest BCUT2D eigenvalue weighted by atomic mass is 16.5. The zero-order valence-electron chi connectivity index (χ0n) is 46.8. The topological polar surface area (TPSA) is 95.9 Å². The van der Waals surface area contributed by atoms with Gasteiger partial charge in [-0.2, -0.15) is 0 Å². The Kier molecular flexibility index (Phi) is 58.0. The molecular formula is C63H123NO5. The van der Waals surface area contributed by atoms with E-state index in [0.717, 1.165) is 38.5 Å². The van der Waals surface area contributed by atoms with Gasteiger partial charge in [-0.15, -0.1) is 0 Å². The molecule has 0 aromatic heterocycles. The van der Waals surface area contributed by atoms with Gasteiger partial charge in [0.15, 0.2) is 0 Å². The average molecular weight is 975 g/mol. The number of aliphatic hydroxyl groups excluding tert-OH is 2. The van der Waals surface area contributed by atoms with E-state index in [4.69, 9.17) is 4.74 Å². The molecule has 0 aliphatic rings. The first kappa shape index (κ1) is 67.6. The predicted octanol–water partition coefficient (Wildman–Crippen LogP) is 19.6. The number of carbonyl (C=O) groups is 2. The lowest BCUT2D eigenvalue weighted by Gasteiger charge is -2.20. The van der Waals surface area contributed by atoms with Crippen LogP contribution >= 0.6 is 0 Å². The van der Waals surface area contributed by atoms with Crippen LogP contribution in [0.4, 0.5) is 0 Å². The minimum Gasteiger partial charge on any atom is -0.466 e. The summed E-state index contributed by atoms with van der Waals surface area (Å²) >= 11 is 0. The van der Waals surface area contributed by atoms with Crippen LogP contribution in [-0.2, 0) is 14.3 Å². The molecule has 0 rings (SSSR count). The molecule has 69 heavy (non-hydrogen) atoms. The van der Waals surface area contributed by atoms with Crippen LogP contribution in [-0.4, -0.2) is 47.4 Å². The van der Waals surface area contributed by atoms with Gasteiger partial charge in [0.05, 0.1) is 25.4 Å². The van der Waals surface area contributed by atoms with Gasteiger partial charge in [0.25, 0.3) is 0 Å². The lowest BCUT2D eigenvalue weighted by atomic mass is 10.0. The molecule has 0 bridgehead atoms. The molecule has 0 radical (unpaired) electrons. The predicted molar refractivity (Wildman–Crippen MR) is 301 cm³/mol. The Balaban J connectivity index is 3.35. The number of unbranched alkanes of at least 4 members (excludes halogenated alkanes) is 48.